The van der Waals surface area contributed by atoms with E-state index in [1.54, 1.807) is 37.3 Å². The van der Waals surface area contributed by atoms with Gasteiger partial charge in [0.2, 0.25) is 0 Å². The highest BCUT2D eigenvalue weighted by Gasteiger charge is 2.49. The number of hydrogen-bond donors (Lipinski definition) is 1. The van der Waals surface area contributed by atoms with Crippen LogP contribution in [0.4, 0.5) is 9.18 Å². The van der Waals surface area contributed by atoms with E-state index in [9.17, 15) is 9.18 Å². The summed E-state index contributed by atoms with van der Waals surface area (Å²) < 4.78 is 19.8. The fraction of sp³-hybridized carbons (Fsp3) is 0.130. The summed E-state index contributed by atoms with van der Waals surface area (Å²) >= 11 is 0. The maximum atomic E-state index is 14.4. The van der Waals surface area contributed by atoms with Crippen LogP contribution >= 0.6 is 0 Å². The predicted molar refractivity (Wildman–Crippen MR) is 103 cm³/mol. The number of nitrogens with zero attached hydrogens (tertiary/aromatic N) is 1. The molecule has 3 aromatic rings. The molecule has 1 amide bonds. The second-order valence-corrected chi connectivity index (χ2v) is 6.66. The second kappa shape index (κ2) is 7.16. The lowest BCUT2D eigenvalue weighted by Crippen LogP contribution is -2.40. The Labute approximate surface area is 162 Å². The van der Waals surface area contributed by atoms with E-state index in [1.807, 2.05) is 36.4 Å². The summed E-state index contributed by atoms with van der Waals surface area (Å²) in [5.41, 5.74) is 1.25. The first kappa shape index (κ1) is 17.7. The number of carbonyl (C=O) groups is 1. The van der Waals surface area contributed by atoms with Gasteiger partial charge in [-0.2, -0.15) is 0 Å². The van der Waals surface area contributed by atoms with E-state index in [-0.39, 0.29) is 0 Å². The SMILES string of the molecule is C[C@@]1(c2cccc(C#Cc3ccccc3)n2)NC(=O)O[C@H]1c1ccccc1F. The third kappa shape index (κ3) is 3.33. The summed E-state index contributed by atoms with van der Waals surface area (Å²) in [6.07, 6.45) is -1.45. The van der Waals surface area contributed by atoms with E-state index < -0.39 is 23.6 Å². The van der Waals surface area contributed by atoms with Crippen LogP contribution in [0.2, 0.25) is 0 Å². The van der Waals surface area contributed by atoms with Crippen LogP contribution in [-0.4, -0.2) is 11.1 Å². The zero-order valence-electron chi connectivity index (χ0n) is 15.1. The minimum atomic E-state index is -1.02. The van der Waals surface area contributed by atoms with Crippen molar-refractivity contribution >= 4 is 6.09 Å². The molecule has 28 heavy (non-hydrogen) atoms. The molecule has 0 radical (unpaired) electrons. The van der Waals surface area contributed by atoms with Gasteiger partial charge in [0.1, 0.15) is 17.1 Å². The number of halogens is 1. The number of aromatic nitrogens is 1. The van der Waals surface area contributed by atoms with Crippen LogP contribution in [0, 0.1) is 17.7 Å². The van der Waals surface area contributed by atoms with Crippen molar-refractivity contribution in [2.45, 2.75) is 18.6 Å². The summed E-state index contributed by atoms with van der Waals surface area (Å²) in [4.78, 5) is 16.6. The summed E-state index contributed by atoms with van der Waals surface area (Å²) in [5, 5.41) is 2.78. The lowest BCUT2D eigenvalue weighted by molar-refractivity contribution is 0.109. The average Bonchev–Trinajstić information content (AvgIpc) is 3.03. The fourth-order valence-corrected chi connectivity index (χ4v) is 3.24. The molecule has 0 saturated carbocycles. The average molecular weight is 372 g/mol. The molecule has 2 aromatic carbocycles. The number of nitrogens with one attached hydrogen (secondary N) is 1. The van der Waals surface area contributed by atoms with Crippen LogP contribution < -0.4 is 5.32 Å². The van der Waals surface area contributed by atoms with E-state index in [0.29, 0.717) is 17.0 Å². The van der Waals surface area contributed by atoms with Gasteiger partial charge in [-0.15, -0.1) is 0 Å². The molecule has 1 N–H and O–H groups in total. The molecule has 4 rings (SSSR count). The molecule has 2 heterocycles. The summed E-state index contributed by atoms with van der Waals surface area (Å²) in [6, 6.07) is 21.2. The van der Waals surface area contributed by atoms with Crippen molar-refractivity contribution in [2.75, 3.05) is 0 Å². The lowest BCUT2D eigenvalue weighted by Gasteiger charge is -2.28. The second-order valence-electron chi connectivity index (χ2n) is 6.66. The van der Waals surface area contributed by atoms with E-state index in [4.69, 9.17) is 4.74 Å². The smallest absolute Gasteiger partial charge is 0.408 e. The number of ether oxygens (including phenoxy) is 1. The molecule has 2 atom stereocenters. The molecule has 1 aromatic heterocycles. The van der Waals surface area contributed by atoms with E-state index in [1.165, 1.54) is 6.07 Å². The third-order valence-electron chi connectivity index (χ3n) is 4.69. The quantitative estimate of drug-likeness (QED) is 0.682. The Morgan fingerprint density at radius 2 is 1.75 bits per heavy atom. The molecular weight excluding hydrogens is 355 g/mol. The molecule has 0 spiro atoms. The zero-order chi connectivity index (χ0) is 19.6. The standard InChI is InChI=1S/C23H17FN2O2/c1-23(21(28-22(27)26-23)18-11-5-6-12-19(18)24)20-13-7-10-17(25-20)15-14-16-8-3-2-4-9-16/h2-13,21H,1H3,(H,26,27)/t21-,23-/m0/s1. The zero-order valence-corrected chi connectivity index (χ0v) is 15.1. The van der Waals surface area contributed by atoms with E-state index in [2.05, 4.69) is 22.1 Å². The number of alkyl carbamates (subject to hydrolysis) is 1. The molecule has 1 aliphatic heterocycles. The Hall–Kier alpha value is -3.65. The van der Waals surface area contributed by atoms with Gasteiger partial charge < -0.3 is 10.1 Å². The molecule has 5 heteroatoms. The van der Waals surface area contributed by atoms with Crippen LogP contribution in [-0.2, 0) is 10.3 Å². The highest BCUT2D eigenvalue weighted by molar-refractivity contribution is 5.72. The van der Waals surface area contributed by atoms with Crippen LogP contribution in [0.5, 0.6) is 0 Å². The molecule has 138 valence electrons. The van der Waals surface area contributed by atoms with Crippen molar-refractivity contribution in [1.82, 2.24) is 10.3 Å². The number of rotatable bonds is 2. The predicted octanol–water partition coefficient (Wildman–Crippen LogP) is 4.32. The van der Waals surface area contributed by atoms with Gasteiger partial charge in [0.15, 0.2) is 6.10 Å². The van der Waals surface area contributed by atoms with Gasteiger partial charge in [-0.3, -0.25) is 0 Å². The van der Waals surface area contributed by atoms with Gasteiger partial charge >= 0.3 is 6.09 Å². The largest absolute Gasteiger partial charge is 0.438 e. The Bertz CT molecular complexity index is 1090. The minimum Gasteiger partial charge on any atom is -0.438 e. The summed E-state index contributed by atoms with van der Waals surface area (Å²) in [6.45, 7) is 1.77. The van der Waals surface area contributed by atoms with Gasteiger partial charge in [-0.1, -0.05) is 48.4 Å². The van der Waals surface area contributed by atoms with Crippen LogP contribution in [0.3, 0.4) is 0 Å². The first-order chi connectivity index (χ1) is 13.6. The first-order valence-electron chi connectivity index (χ1n) is 8.84. The number of cyclic esters (lactones) is 1. The fourth-order valence-electron chi connectivity index (χ4n) is 3.24. The topological polar surface area (TPSA) is 51.2 Å². The molecule has 0 bridgehead atoms. The molecule has 1 aliphatic rings. The Kier molecular flexibility index (Phi) is 4.54. The van der Waals surface area contributed by atoms with Crippen LogP contribution in [0.15, 0.2) is 72.8 Å². The number of carbonyl (C=O) groups excluding carboxylic acids is 1. The van der Waals surface area contributed by atoms with Crippen LogP contribution in [0.1, 0.15) is 35.5 Å². The van der Waals surface area contributed by atoms with Crippen molar-refractivity contribution in [3.63, 3.8) is 0 Å². The third-order valence-corrected chi connectivity index (χ3v) is 4.69. The maximum absolute atomic E-state index is 14.4. The van der Waals surface area contributed by atoms with E-state index >= 15 is 0 Å². The van der Waals surface area contributed by atoms with Gasteiger partial charge in [0, 0.05) is 11.1 Å². The number of amides is 1. The van der Waals surface area contributed by atoms with E-state index in [0.717, 1.165) is 5.56 Å². The molecule has 1 saturated heterocycles. The molecule has 0 aliphatic carbocycles. The van der Waals surface area contributed by atoms with Crippen molar-refractivity contribution in [3.05, 3.63) is 101 Å². The van der Waals surface area contributed by atoms with Crippen molar-refractivity contribution in [2.24, 2.45) is 0 Å². The first-order valence-corrected chi connectivity index (χ1v) is 8.84. The number of hydrogen-bond acceptors (Lipinski definition) is 3. The monoisotopic (exact) mass is 372 g/mol. The van der Waals surface area contributed by atoms with Gasteiger partial charge in [0.05, 0.1) is 5.69 Å². The van der Waals surface area contributed by atoms with Gasteiger partial charge in [-0.05, 0) is 43.2 Å². The molecule has 0 unspecified atom stereocenters. The lowest BCUT2D eigenvalue weighted by atomic mass is 9.86. The number of pyridine rings is 1. The normalized spacial score (nSPS) is 20.6. The summed E-state index contributed by atoms with van der Waals surface area (Å²) in [5.74, 6) is 5.66. The van der Waals surface area contributed by atoms with Crippen LogP contribution in [0.25, 0.3) is 0 Å². The minimum absolute atomic E-state index is 0.297. The van der Waals surface area contributed by atoms with Crippen molar-refractivity contribution in [3.8, 4) is 11.8 Å². The van der Waals surface area contributed by atoms with Gasteiger partial charge in [0.25, 0.3) is 0 Å². The maximum Gasteiger partial charge on any atom is 0.408 e. The number of benzene rings is 2. The summed E-state index contributed by atoms with van der Waals surface area (Å²) in [7, 11) is 0. The Morgan fingerprint density at radius 1 is 1.00 bits per heavy atom. The van der Waals surface area contributed by atoms with Crippen molar-refractivity contribution < 1.29 is 13.9 Å². The highest BCUT2D eigenvalue weighted by Crippen LogP contribution is 2.42. The Morgan fingerprint density at radius 3 is 2.54 bits per heavy atom. The Balaban J connectivity index is 1.72. The van der Waals surface area contributed by atoms with Crippen molar-refractivity contribution in [1.29, 1.82) is 0 Å². The highest BCUT2D eigenvalue weighted by atomic mass is 19.1. The molecular formula is C23H17FN2O2. The molecule has 1 fully saturated rings. The molecule has 4 nitrogen and oxygen atoms in total. The van der Waals surface area contributed by atoms with Gasteiger partial charge in [-0.25, -0.2) is 14.2 Å².